The van der Waals surface area contributed by atoms with Crippen molar-refractivity contribution in [3.63, 3.8) is 0 Å². The van der Waals surface area contributed by atoms with Crippen molar-refractivity contribution in [1.29, 1.82) is 0 Å². The zero-order valence-electron chi connectivity index (χ0n) is 15.4. The Bertz CT molecular complexity index is 975. The molecule has 2 aromatic carbocycles. The Morgan fingerprint density at radius 3 is 2.62 bits per heavy atom. The fourth-order valence-electron chi connectivity index (χ4n) is 2.53. The molecule has 1 aliphatic heterocycles. The number of rotatable bonds is 7. The minimum atomic E-state index is -0.376. The van der Waals surface area contributed by atoms with Crippen molar-refractivity contribution in [2.24, 2.45) is 0 Å². The lowest BCUT2D eigenvalue weighted by molar-refractivity contribution is -0.107. The molecule has 1 fully saturated rings. The third-order valence-electron chi connectivity index (χ3n) is 3.90. The number of halogens is 1. The van der Waals surface area contributed by atoms with Crippen molar-refractivity contribution in [1.82, 2.24) is 10.6 Å². The molecule has 7 nitrogen and oxygen atoms in total. The molecular weight excluding hydrogens is 416 g/mol. The van der Waals surface area contributed by atoms with Crippen LogP contribution in [0.25, 0.3) is 6.08 Å². The van der Waals surface area contributed by atoms with Gasteiger partial charge in [0.05, 0.1) is 24.9 Å². The standard InChI is InChI=1S/C20H17ClN2O5S/c1-27-17-7-4-13(21)11-15(17)18(24)22-8-9-28-14-5-2-12(3-6-14)10-16-19(25)29-20(26)23-16/h2-7,10-11H,8-9H2,1H3,(H,22,24)(H,23,26). The Labute approximate surface area is 176 Å². The van der Waals surface area contributed by atoms with Gasteiger partial charge in [-0.3, -0.25) is 14.4 Å². The normalized spacial score (nSPS) is 14.6. The lowest BCUT2D eigenvalue weighted by Crippen LogP contribution is -2.28. The second kappa shape index (κ2) is 9.49. The van der Waals surface area contributed by atoms with E-state index < -0.39 is 0 Å². The molecule has 2 aromatic rings. The highest BCUT2D eigenvalue weighted by molar-refractivity contribution is 8.27. The number of ether oxygens (including phenoxy) is 2. The first-order valence-electron chi connectivity index (χ1n) is 8.56. The lowest BCUT2D eigenvalue weighted by Gasteiger charge is -2.11. The number of carbonyl (C=O) groups is 3. The highest BCUT2D eigenvalue weighted by atomic mass is 35.5. The number of carbonyl (C=O) groups excluding carboxylic acids is 3. The predicted molar refractivity (Wildman–Crippen MR) is 111 cm³/mol. The number of benzene rings is 2. The third kappa shape index (κ3) is 5.52. The SMILES string of the molecule is COc1ccc(Cl)cc1C(=O)NCCOc1ccc(C=C2NC(=O)SC2=O)cc1. The highest BCUT2D eigenvalue weighted by Gasteiger charge is 2.25. The van der Waals surface area contributed by atoms with E-state index in [1.807, 2.05) is 0 Å². The van der Waals surface area contributed by atoms with Crippen LogP contribution in [0.4, 0.5) is 4.79 Å². The summed E-state index contributed by atoms with van der Waals surface area (Å²) in [5.41, 5.74) is 1.36. The summed E-state index contributed by atoms with van der Waals surface area (Å²) < 4.78 is 10.8. The van der Waals surface area contributed by atoms with E-state index in [9.17, 15) is 14.4 Å². The summed E-state index contributed by atoms with van der Waals surface area (Å²) >= 11 is 6.57. The molecule has 0 atom stereocenters. The number of methoxy groups -OCH3 is 1. The highest BCUT2D eigenvalue weighted by Crippen LogP contribution is 2.23. The minimum absolute atomic E-state index is 0.257. The van der Waals surface area contributed by atoms with Crippen LogP contribution < -0.4 is 20.1 Å². The average molecular weight is 433 g/mol. The molecule has 0 spiro atoms. The molecule has 3 rings (SSSR count). The van der Waals surface area contributed by atoms with Gasteiger partial charge in [-0.05, 0) is 42.0 Å². The Hall–Kier alpha value is -2.97. The van der Waals surface area contributed by atoms with Crippen LogP contribution in [0.2, 0.25) is 5.02 Å². The fraction of sp³-hybridized carbons (Fsp3) is 0.150. The second-order valence-electron chi connectivity index (χ2n) is 5.88. The Morgan fingerprint density at radius 1 is 1.21 bits per heavy atom. The Morgan fingerprint density at radius 2 is 1.97 bits per heavy atom. The van der Waals surface area contributed by atoms with Gasteiger partial charge in [0.15, 0.2) is 0 Å². The first kappa shape index (κ1) is 20.8. The van der Waals surface area contributed by atoms with Crippen LogP contribution in [0.15, 0.2) is 48.2 Å². The average Bonchev–Trinajstić information content (AvgIpc) is 3.03. The van der Waals surface area contributed by atoms with Gasteiger partial charge in [-0.2, -0.15) is 0 Å². The zero-order valence-corrected chi connectivity index (χ0v) is 16.9. The van der Waals surface area contributed by atoms with Crippen molar-refractivity contribution >= 4 is 45.7 Å². The monoisotopic (exact) mass is 432 g/mol. The van der Waals surface area contributed by atoms with E-state index in [1.54, 1.807) is 48.5 Å². The summed E-state index contributed by atoms with van der Waals surface area (Å²) in [6, 6.07) is 11.8. The molecule has 1 heterocycles. The topological polar surface area (TPSA) is 93.7 Å². The first-order chi connectivity index (χ1) is 14.0. The number of amides is 2. The van der Waals surface area contributed by atoms with Crippen LogP contribution in [0, 0.1) is 0 Å². The summed E-state index contributed by atoms with van der Waals surface area (Å²) in [6.45, 7) is 0.554. The summed E-state index contributed by atoms with van der Waals surface area (Å²) in [5, 5.41) is 5.00. The van der Waals surface area contributed by atoms with E-state index in [0.717, 1.165) is 5.56 Å². The summed E-state index contributed by atoms with van der Waals surface area (Å²) in [7, 11) is 1.48. The molecule has 0 aromatic heterocycles. The minimum Gasteiger partial charge on any atom is -0.496 e. The number of hydrogen-bond donors (Lipinski definition) is 2. The predicted octanol–water partition coefficient (Wildman–Crippen LogP) is 3.48. The van der Waals surface area contributed by atoms with Gasteiger partial charge in [-0.15, -0.1) is 0 Å². The van der Waals surface area contributed by atoms with Gasteiger partial charge in [-0.1, -0.05) is 23.7 Å². The molecule has 9 heteroatoms. The maximum Gasteiger partial charge on any atom is 0.291 e. The maximum atomic E-state index is 12.3. The van der Waals surface area contributed by atoms with E-state index in [2.05, 4.69) is 10.6 Å². The van der Waals surface area contributed by atoms with Crippen LogP contribution in [0.3, 0.4) is 0 Å². The lowest BCUT2D eigenvalue weighted by atomic mass is 10.2. The van der Waals surface area contributed by atoms with Crippen molar-refractivity contribution in [3.05, 3.63) is 64.3 Å². The largest absolute Gasteiger partial charge is 0.496 e. The van der Waals surface area contributed by atoms with Crippen LogP contribution in [0.5, 0.6) is 11.5 Å². The smallest absolute Gasteiger partial charge is 0.291 e. The molecular formula is C20H17ClN2O5S. The maximum absolute atomic E-state index is 12.3. The number of thioether (sulfide) groups is 1. The third-order valence-corrected chi connectivity index (χ3v) is 4.82. The van der Waals surface area contributed by atoms with E-state index in [1.165, 1.54) is 7.11 Å². The molecule has 0 bridgehead atoms. The van der Waals surface area contributed by atoms with Crippen molar-refractivity contribution in [2.45, 2.75) is 0 Å². The summed E-state index contributed by atoms with van der Waals surface area (Å²) in [5.74, 6) is 0.738. The molecule has 2 amide bonds. The number of nitrogens with one attached hydrogen (secondary N) is 2. The van der Waals surface area contributed by atoms with Gasteiger partial charge in [-0.25, -0.2) is 0 Å². The Kier molecular flexibility index (Phi) is 6.79. The molecule has 0 aliphatic carbocycles. The van der Waals surface area contributed by atoms with Crippen LogP contribution in [0.1, 0.15) is 15.9 Å². The zero-order chi connectivity index (χ0) is 20.8. The molecule has 0 unspecified atom stereocenters. The molecule has 2 N–H and O–H groups in total. The molecule has 1 aliphatic rings. The van der Waals surface area contributed by atoms with Gasteiger partial charge in [0, 0.05) is 16.8 Å². The van der Waals surface area contributed by atoms with E-state index in [-0.39, 0.29) is 35.1 Å². The fourth-order valence-corrected chi connectivity index (χ4v) is 3.26. The van der Waals surface area contributed by atoms with Crippen LogP contribution in [-0.2, 0) is 4.79 Å². The Balaban J connectivity index is 1.49. The first-order valence-corrected chi connectivity index (χ1v) is 9.75. The second-order valence-corrected chi connectivity index (χ2v) is 7.26. The summed E-state index contributed by atoms with van der Waals surface area (Å²) in [6.07, 6.45) is 1.60. The molecule has 1 saturated heterocycles. The summed E-state index contributed by atoms with van der Waals surface area (Å²) in [4.78, 5) is 35.0. The quantitative estimate of drug-likeness (QED) is 0.514. The van der Waals surface area contributed by atoms with Crippen molar-refractivity contribution < 1.29 is 23.9 Å². The van der Waals surface area contributed by atoms with E-state index >= 15 is 0 Å². The van der Waals surface area contributed by atoms with Crippen LogP contribution in [-0.4, -0.2) is 36.5 Å². The van der Waals surface area contributed by atoms with Gasteiger partial charge in [0.2, 0.25) is 5.12 Å². The molecule has 29 heavy (non-hydrogen) atoms. The van der Waals surface area contributed by atoms with Crippen molar-refractivity contribution in [2.75, 3.05) is 20.3 Å². The molecule has 150 valence electrons. The van der Waals surface area contributed by atoms with Gasteiger partial charge >= 0.3 is 0 Å². The van der Waals surface area contributed by atoms with Crippen LogP contribution >= 0.6 is 23.4 Å². The molecule has 0 radical (unpaired) electrons. The molecule has 0 saturated carbocycles. The van der Waals surface area contributed by atoms with E-state index in [4.69, 9.17) is 21.1 Å². The van der Waals surface area contributed by atoms with Crippen molar-refractivity contribution in [3.8, 4) is 11.5 Å². The van der Waals surface area contributed by atoms with Gasteiger partial charge < -0.3 is 20.1 Å². The number of hydrogen-bond acceptors (Lipinski definition) is 6. The van der Waals surface area contributed by atoms with E-state index in [0.29, 0.717) is 33.8 Å². The van der Waals surface area contributed by atoms with Gasteiger partial charge in [0.25, 0.3) is 11.1 Å². The van der Waals surface area contributed by atoms with Gasteiger partial charge in [0.1, 0.15) is 18.1 Å².